The van der Waals surface area contributed by atoms with Crippen molar-refractivity contribution in [2.24, 2.45) is 5.92 Å². The summed E-state index contributed by atoms with van der Waals surface area (Å²) in [6.45, 7) is 3.67. The lowest BCUT2D eigenvalue weighted by Gasteiger charge is -2.27. The summed E-state index contributed by atoms with van der Waals surface area (Å²) in [5.74, 6) is -0.355. The lowest BCUT2D eigenvalue weighted by Crippen LogP contribution is -2.39. The van der Waals surface area contributed by atoms with E-state index in [1.54, 1.807) is 10.9 Å². The molecule has 0 bridgehead atoms. The Hall–Kier alpha value is -1.96. The van der Waals surface area contributed by atoms with Gasteiger partial charge in [0.25, 0.3) is 5.91 Å². The molecule has 8 nitrogen and oxygen atoms in total. The van der Waals surface area contributed by atoms with E-state index in [4.69, 9.17) is 9.47 Å². The number of esters is 1. The van der Waals surface area contributed by atoms with Gasteiger partial charge < -0.3 is 14.8 Å². The van der Waals surface area contributed by atoms with Crippen LogP contribution in [-0.4, -0.2) is 52.7 Å². The lowest BCUT2D eigenvalue weighted by molar-refractivity contribution is -0.149. The van der Waals surface area contributed by atoms with Gasteiger partial charge in [-0.1, -0.05) is 5.21 Å². The number of hydrogen-bond acceptors (Lipinski definition) is 6. The third-order valence-electron chi connectivity index (χ3n) is 4.99. The molecule has 3 rings (SSSR count). The second-order valence-corrected chi connectivity index (χ2v) is 6.70. The highest BCUT2D eigenvalue weighted by molar-refractivity contribution is 5.92. The molecule has 1 aliphatic heterocycles. The molecule has 1 amide bonds. The Balaban J connectivity index is 1.48. The number of aromatic nitrogens is 3. The van der Waals surface area contributed by atoms with E-state index >= 15 is 0 Å². The van der Waals surface area contributed by atoms with Gasteiger partial charge in [-0.05, 0) is 45.4 Å². The van der Waals surface area contributed by atoms with Crippen molar-refractivity contribution in [1.82, 2.24) is 20.3 Å². The normalized spacial score (nSPS) is 24.7. The van der Waals surface area contributed by atoms with Gasteiger partial charge in [-0.3, -0.25) is 9.59 Å². The summed E-state index contributed by atoms with van der Waals surface area (Å²) in [4.78, 5) is 24.1. The highest BCUT2D eigenvalue weighted by Gasteiger charge is 2.28. The highest BCUT2D eigenvalue weighted by atomic mass is 16.5. The Bertz CT molecular complexity index is 589. The van der Waals surface area contributed by atoms with Crippen LogP contribution in [-0.2, 0) is 14.3 Å². The topological polar surface area (TPSA) is 95.3 Å². The molecule has 1 N–H and O–H groups in total. The average Bonchev–Trinajstić information content (AvgIpc) is 3.13. The molecule has 1 saturated carbocycles. The van der Waals surface area contributed by atoms with Gasteiger partial charge in [-0.2, -0.15) is 0 Å². The molecule has 1 aliphatic carbocycles. The van der Waals surface area contributed by atoms with Gasteiger partial charge in [0, 0.05) is 19.3 Å². The summed E-state index contributed by atoms with van der Waals surface area (Å²) in [5.41, 5.74) is 0.346. The van der Waals surface area contributed by atoms with Crippen LogP contribution in [0.15, 0.2) is 6.20 Å². The predicted octanol–water partition coefficient (Wildman–Crippen LogP) is 1.48. The summed E-state index contributed by atoms with van der Waals surface area (Å²) in [6.07, 6.45) is 6.56. The van der Waals surface area contributed by atoms with Crippen LogP contribution in [0.3, 0.4) is 0 Å². The number of carbonyl (C=O) groups excluding carboxylic acids is 2. The van der Waals surface area contributed by atoms with E-state index in [0.717, 1.165) is 51.7 Å². The summed E-state index contributed by atoms with van der Waals surface area (Å²) in [5, 5.41) is 11.1. The third-order valence-corrected chi connectivity index (χ3v) is 4.99. The van der Waals surface area contributed by atoms with Crippen LogP contribution < -0.4 is 5.32 Å². The molecule has 0 radical (unpaired) electrons. The predicted molar refractivity (Wildman–Crippen MR) is 89.0 cm³/mol. The fourth-order valence-electron chi connectivity index (χ4n) is 3.50. The Morgan fingerprint density at radius 1 is 1.24 bits per heavy atom. The van der Waals surface area contributed by atoms with Gasteiger partial charge in [0.15, 0.2) is 5.69 Å². The van der Waals surface area contributed by atoms with Crippen molar-refractivity contribution in [1.29, 1.82) is 0 Å². The molecule has 2 aliphatic rings. The first-order valence-corrected chi connectivity index (χ1v) is 9.14. The minimum absolute atomic E-state index is 0.0394. The van der Waals surface area contributed by atoms with Crippen molar-refractivity contribution < 1.29 is 19.1 Å². The van der Waals surface area contributed by atoms with Crippen molar-refractivity contribution in [3.63, 3.8) is 0 Å². The maximum absolute atomic E-state index is 12.4. The van der Waals surface area contributed by atoms with Crippen molar-refractivity contribution in [2.45, 2.75) is 57.5 Å². The molecule has 138 valence electrons. The zero-order valence-corrected chi connectivity index (χ0v) is 14.6. The van der Waals surface area contributed by atoms with Gasteiger partial charge in [-0.25, -0.2) is 4.68 Å². The van der Waals surface area contributed by atoms with Crippen LogP contribution in [0.25, 0.3) is 0 Å². The average molecular weight is 350 g/mol. The molecule has 1 aromatic rings. The lowest BCUT2D eigenvalue weighted by atomic mass is 9.86. The first kappa shape index (κ1) is 17.8. The second kappa shape index (κ2) is 8.42. The number of amides is 1. The summed E-state index contributed by atoms with van der Waals surface area (Å²) < 4.78 is 12.2. The molecule has 1 aromatic heterocycles. The fraction of sp³-hybridized carbons (Fsp3) is 0.765. The van der Waals surface area contributed by atoms with Gasteiger partial charge >= 0.3 is 5.97 Å². The molecule has 8 heteroatoms. The van der Waals surface area contributed by atoms with Crippen molar-refractivity contribution in [3.8, 4) is 0 Å². The molecule has 0 unspecified atom stereocenters. The van der Waals surface area contributed by atoms with E-state index in [9.17, 15) is 9.59 Å². The molecule has 1 saturated heterocycles. The van der Waals surface area contributed by atoms with Gasteiger partial charge in [0.2, 0.25) is 0 Å². The first-order valence-electron chi connectivity index (χ1n) is 9.14. The van der Waals surface area contributed by atoms with Crippen molar-refractivity contribution in [3.05, 3.63) is 11.9 Å². The summed E-state index contributed by atoms with van der Waals surface area (Å²) in [7, 11) is 0. The zero-order valence-electron chi connectivity index (χ0n) is 14.6. The molecule has 25 heavy (non-hydrogen) atoms. The molecular weight excluding hydrogens is 324 g/mol. The summed E-state index contributed by atoms with van der Waals surface area (Å²) in [6, 6.07) is 0.328. The minimum atomic E-state index is -0.196. The molecular formula is C17H26N4O4. The zero-order chi connectivity index (χ0) is 17.6. The van der Waals surface area contributed by atoms with E-state index in [0.29, 0.717) is 12.3 Å². The van der Waals surface area contributed by atoms with Crippen LogP contribution in [0.1, 0.15) is 62.0 Å². The first-order chi connectivity index (χ1) is 12.2. The van der Waals surface area contributed by atoms with E-state index in [1.165, 1.54) is 0 Å². The molecule has 2 fully saturated rings. The monoisotopic (exact) mass is 350 g/mol. The van der Waals surface area contributed by atoms with Crippen LogP contribution >= 0.6 is 0 Å². The minimum Gasteiger partial charge on any atom is -0.466 e. The van der Waals surface area contributed by atoms with E-state index < -0.39 is 0 Å². The standard InChI is InChI=1S/C17H26N4O4/c1-2-25-17(23)12-3-5-13(6-4-12)18-16(22)15-11-21(20-19-15)14-7-9-24-10-8-14/h11-14H,2-10H2,1H3,(H,18,22). The van der Waals surface area contributed by atoms with Gasteiger partial charge in [0.1, 0.15) is 0 Å². The van der Waals surface area contributed by atoms with Crippen LogP contribution in [0.2, 0.25) is 0 Å². The van der Waals surface area contributed by atoms with Crippen LogP contribution in [0, 0.1) is 5.92 Å². The Morgan fingerprint density at radius 3 is 2.64 bits per heavy atom. The fourth-order valence-corrected chi connectivity index (χ4v) is 3.50. The van der Waals surface area contributed by atoms with E-state index in [2.05, 4.69) is 15.6 Å². The quantitative estimate of drug-likeness (QED) is 0.808. The maximum atomic E-state index is 12.4. The van der Waals surface area contributed by atoms with Crippen LogP contribution in [0.5, 0.6) is 0 Å². The SMILES string of the molecule is CCOC(=O)C1CCC(NC(=O)c2cn(C3CCOCC3)nn2)CC1. The number of nitrogens with zero attached hydrogens (tertiary/aromatic N) is 3. The third kappa shape index (κ3) is 4.56. The highest BCUT2D eigenvalue weighted by Crippen LogP contribution is 2.25. The molecule has 0 atom stereocenters. The van der Waals surface area contributed by atoms with E-state index in [1.807, 2.05) is 6.92 Å². The Morgan fingerprint density at radius 2 is 1.96 bits per heavy atom. The Labute approximate surface area is 147 Å². The number of nitrogens with one attached hydrogen (secondary N) is 1. The number of carbonyl (C=O) groups is 2. The molecule has 0 spiro atoms. The molecule has 0 aromatic carbocycles. The summed E-state index contributed by atoms with van der Waals surface area (Å²) >= 11 is 0. The smallest absolute Gasteiger partial charge is 0.308 e. The van der Waals surface area contributed by atoms with E-state index in [-0.39, 0.29) is 29.9 Å². The van der Waals surface area contributed by atoms with Crippen LogP contribution in [0.4, 0.5) is 0 Å². The largest absolute Gasteiger partial charge is 0.466 e. The maximum Gasteiger partial charge on any atom is 0.308 e. The second-order valence-electron chi connectivity index (χ2n) is 6.70. The van der Waals surface area contributed by atoms with Gasteiger partial charge in [-0.15, -0.1) is 5.10 Å². The number of ether oxygens (including phenoxy) is 2. The number of hydrogen-bond donors (Lipinski definition) is 1. The Kier molecular flexibility index (Phi) is 6.01. The molecule has 2 heterocycles. The van der Waals surface area contributed by atoms with Gasteiger partial charge in [0.05, 0.1) is 24.8 Å². The number of rotatable bonds is 5. The van der Waals surface area contributed by atoms with Crippen molar-refractivity contribution in [2.75, 3.05) is 19.8 Å². The van der Waals surface area contributed by atoms with Crippen molar-refractivity contribution >= 4 is 11.9 Å².